The summed E-state index contributed by atoms with van der Waals surface area (Å²) in [5.41, 5.74) is -0.670. The summed E-state index contributed by atoms with van der Waals surface area (Å²) < 4.78 is 38.1. The lowest BCUT2D eigenvalue weighted by Gasteiger charge is -2.32. The minimum absolute atomic E-state index is 0.00487. The number of nitrogens with one attached hydrogen (secondary N) is 1. The van der Waals surface area contributed by atoms with E-state index in [1.165, 1.54) is 29.2 Å². The highest BCUT2D eigenvalue weighted by molar-refractivity contribution is 5.97. The van der Waals surface area contributed by atoms with Crippen LogP contribution in [0.5, 0.6) is 0 Å². The molecule has 1 aliphatic rings. The Kier molecular flexibility index (Phi) is 4.71. The van der Waals surface area contributed by atoms with Gasteiger partial charge in [-0.25, -0.2) is 9.78 Å². The van der Waals surface area contributed by atoms with E-state index >= 15 is 0 Å². The number of nitrogens with zero attached hydrogens (tertiary/aromatic N) is 2. The Balaban J connectivity index is 1.76. The number of halogens is 3. The Morgan fingerprint density at radius 3 is 2.65 bits per heavy atom. The number of carbonyl (C=O) groups excluding carboxylic acids is 1. The van der Waals surface area contributed by atoms with Crippen LogP contribution in [0.25, 0.3) is 0 Å². The van der Waals surface area contributed by atoms with Gasteiger partial charge in [-0.1, -0.05) is 6.07 Å². The van der Waals surface area contributed by atoms with Gasteiger partial charge in [0.1, 0.15) is 11.5 Å². The van der Waals surface area contributed by atoms with E-state index in [1.54, 1.807) is 0 Å². The van der Waals surface area contributed by atoms with Gasteiger partial charge in [-0.15, -0.1) is 0 Å². The van der Waals surface area contributed by atoms with E-state index in [9.17, 15) is 22.8 Å². The van der Waals surface area contributed by atoms with Crippen molar-refractivity contribution in [1.29, 1.82) is 0 Å². The summed E-state index contributed by atoms with van der Waals surface area (Å²) in [6.45, 7) is 0.681. The minimum Gasteiger partial charge on any atom is -0.478 e. The summed E-state index contributed by atoms with van der Waals surface area (Å²) >= 11 is 0. The van der Waals surface area contributed by atoms with Gasteiger partial charge in [0.15, 0.2) is 0 Å². The first-order valence-electron chi connectivity index (χ1n) is 8.00. The maximum absolute atomic E-state index is 12.7. The van der Waals surface area contributed by atoms with Crippen LogP contribution in [-0.4, -0.2) is 44.9 Å². The second kappa shape index (κ2) is 6.81. The number of hydrogen-bond acceptors (Lipinski definition) is 3. The molecular formula is C17H16F3N3O3. The van der Waals surface area contributed by atoms with Gasteiger partial charge in [-0.2, -0.15) is 13.2 Å². The predicted octanol–water partition coefficient (Wildman–Crippen LogP) is 3.15. The Labute approximate surface area is 146 Å². The number of aromatic nitrogens is 2. The van der Waals surface area contributed by atoms with Crippen LogP contribution in [0, 0.1) is 0 Å². The van der Waals surface area contributed by atoms with Gasteiger partial charge in [0.25, 0.3) is 5.91 Å². The molecular weight excluding hydrogens is 351 g/mol. The van der Waals surface area contributed by atoms with Crippen LogP contribution >= 0.6 is 0 Å². The molecule has 2 heterocycles. The van der Waals surface area contributed by atoms with Gasteiger partial charge in [0, 0.05) is 24.6 Å². The quantitative estimate of drug-likeness (QED) is 0.873. The molecule has 3 rings (SSSR count). The highest BCUT2D eigenvalue weighted by Gasteiger charge is 2.35. The average molecular weight is 367 g/mol. The molecule has 2 N–H and O–H groups in total. The van der Waals surface area contributed by atoms with Gasteiger partial charge >= 0.3 is 12.1 Å². The standard InChI is InChI=1S/C17H16F3N3O3/c18-17(19,20)13-8-21-14(22-13)12-5-2-6-23(9-12)15(24)10-3-1-4-11(7-10)16(25)26/h1,3-4,7-8,12H,2,5-6,9H2,(H,21,22)(H,25,26). The van der Waals surface area contributed by atoms with Crippen LogP contribution in [0.15, 0.2) is 30.5 Å². The van der Waals surface area contributed by atoms with Gasteiger partial charge < -0.3 is 15.0 Å². The smallest absolute Gasteiger partial charge is 0.432 e. The minimum atomic E-state index is -4.49. The largest absolute Gasteiger partial charge is 0.478 e. The van der Waals surface area contributed by atoms with Crippen molar-refractivity contribution in [1.82, 2.24) is 14.9 Å². The molecule has 2 aromatic rings. The molecule has 1 aromatic carbocycles. The SMILES string of the molecule is O=C(O)c1cccc(C(=O)N2CCCC(c3ncc(C(F)(F)F)[nH]3)C2)c1. The van der Waals surface area contributed by atoms with E-state index in [2.05, 4.69) is 9.97 Å². The molecule has 1 unspecified atom stereocenters. The number of rotatable bonds is 3. The number of piperidine rings is 1. The lowest BCUT2D eigenvalue weighted by molar-refractivity contribution is -0.141. The molecule has 1 amide bonds. The Morgan fingerprint density at radius 2 is 2.00 bits per heavy atom. The second-order valence-electron chi connectivity index (χ2n) is 6.16. The number of carboxylic acids is 1. The summed E-state index contributed by atoms with van der Waals surface area (Å²) in [4.78, 5) is 31.3. The molecule has 26 heavy (non-hydrogen) atoms. The molecule has 0 saturated carbocycles. The number of imidazole rings is 1. The number of hydrogen-bond donors (Lipinski definition) is 2. The zero-order chi connectivity index (χ0) is 18.9. The van der Waals surface area contributed by atoms with Crippen LogP contribution in [0.3, 0.4) is 0 Å². The number of carbonyl (C=O) groups is 2. The van der Waals surface area contributed by atoms with Crippen LogP contribution < -0.4 is 0 Å². The fourth-order valence-corrected chi connectivity index (χ4v) is 3.04. The lowest BCUT2D eigenvalue weighted by atomic mass is 9.96. The van der Waals surface area contributed by atoms with Crippen molar-refractivity contribution in [2.24, 2.45) is 0 Å². The highest BCUT2D eigenvalue weighted by Crippen LogP contribution is 2.31. The third kappa shape index (κ3) is 3.71. The summed E-state index contributed by atoms with van der Waals surface area (Å²) in [5, 5.41) is 9.03. The van der Waals surface area contributed by atoms with Crippen molar-refractivity contribution < 1.29 is 27.9 Å². The molecule has 1 saturated heterocycles. The van der Waals surface area contributed by atoms with E-state index in [4.69, 9.17) is 5.11 Å². The molecule has 0 radical (unpaired) electrons. The third-order valence-corrected chi connectivity index (χ3v) is 4.35. The van der Waals surface area contributed by atoms with Crippen molar-refractivity contribution >= 4 is 11.9 Å². The second-order valence-corrected chi connectivity index (χ2v) is 6.16. The number of aromatic carboxylic acids is 1. The van der Waals surface area contributed by atoms with Gasteiger partial charge in [0.2, 0.25) is 0 Å². The molecule has 0 bridgehead atoms. The van der Waals surface area contributed by atoms with E-state index in [0.29, 0.717) is 19.4 Å². The molecule has 1 aliphatic heterocycles. The molecule has 1 atom stereocenters. The number of amides is 1. The first-order valence-corrected chi connectivity index (χ1v) is 8.00. The number of aromatic amines is 1. The Bertz CT molecular complexity index is 832. The fraction of sp³-hybridized carbons (Fsp3) is 0.353. The van der Waals surface area contributed by atoms with Crippen molar-refractivity contribution in [2.75, 3.05) is 13.1 Å². The van der Waals surface area contributed by atoms with E-state index < -0.39 is 17.8 Å². The van der Waals surface area contributed by atoms with Crippen LogP contribution in [0.1, 0.15) is 51.0 Å². The van der Waals surface area contributed by atoms with Crippen molar-refractivity contribution in [2.45, 2.75) is 24.9 Å². The normalized spacial score (nSPS) is 18.0. The number of H-pyrrole nitrogens is 1. The summed E-state index contributed by atoms with van der Waals surface area (Å²) in [5.74, 6) is -1.60. The summed E-state index contributed by atoms with van der Waals surface area (Å²) in [6, 6.07) is 5.69. The Morgan fingerprint density at radius 1 is 1.27 bits per heavy atom. The molecule has 6 nitrogen and oxygen atoms in total. The van der Waals surface area contributed by atoms with Gasteiger partial charge in [-0.3, -0.25) is 4.79 Å². The van der Waals surface area contributed by atoms with Crippen molar-refractivity contribution in [3.63, 3.8) is 0 Å². The maximum atomic E-state index is 12.7. The fourth-order valence-electron chi connectivity index (χ4n) is 3.04. The molecule has 1 aromatic heterocycles. The average Bonchev–Trinajstić information content (AvgIpc) is 3.12. The van der Waals surface area contributed by atoms with E-state index in [0.717, 1.165) is 6.20 Å². The number of carboxylic acid groups (broad SMARTS) is 1. The summed E-state index contributed by atoms with van der Waals surface area (Å²) in [6.07, 6.45) is -2.50. The maximum Gasteiger partial charge on any atom is 0.432 e. The summed E-state index contributed by atoms with van der Waals surface area (Å²) in [7, 11) is 0. The third-order valence-electron chi connectivity index (χ3n) is 4.35. The predicted molar refractivity (Wildman–Crippen MR) is 84.9 cm³/mol. The zero-order valence-electron chi connectivity index (χ0n) is 13.6. The van der Waals surface area contributed by atoms with Gasteiger partial charge in [-0.05, 0) is 31.0 Å². The number of likely N-dealkylation sites (tertiary alicyclic amines) is 1. The number of alkyl halides is 3. The Hall–Kier alpha value is -2.84. The molecule has 9 heteroatoms. The number of benzene rings is 1. The van der Waals surface area contributed by atoms with Gasteiger partial charge in [0.05, 0.1) is 11.8 Å². The van der Waals surface area contributed by atoms with Crippen LogP contribution in [-0.2, 0) is 6.18 Å². The molecule has 0 aliphatic carbocycles. The van der Waals surface area contributed by atoms with E-state index in [1.807, 2.05) is 0 Å². The lowest BCUT2D eigenvalue weighted by Crippen LogP contribution is -2.39. The molecule has 0 spiro atoms. The van der Waals surface area contributed by atoms with E-state index in [-0.39, 0.29) is 35.3 Å². The highest BCUT2D eigenvalue weighted by atomic mass is 19.4. The van der Waals surface area contributed by atoms with Crippen LogP contribution in [0.2, 0.25) is 0 Å². The molecule has 138 valence electrons. The first-order chi connectivity index (χ1) is 12.3. The van der Waals surface area contributed by atoms with Crippen molar-refractivity contribution in [3.8, 4) is 0 Å². The first kappa shape index (κ1) is 18.0. The zero-order valence-corrected chi connectivity index (χ0v) is 13.6. The van der Waals surface area contributed by atoms with Crippen LogP contribution in [0.4, 0.5) is 13.2 Å². The van der Waals surface area contributed by atoms with Crippen molar-refractivity contribution in [3.05, 3.63) is 53.1 Å². The topological polar surface area (TPSA) is 86.3 Å². The molecule has 1 fully saturated rings. The monoisotopic (exact) mass is 367 g/mol.